The van der Waals surface area contributed by atoms with E-state index in [1.165, 1.54) is 0 Å². The summed E-state index contributed by atoms with van der Waals surface area (Å²) in [5.74, 6) is -0.504. The van der Waals surface area contributed by atoms with Crippen LogP contribution in [0, 0.1) is 5.92 Å². The van der Waals surface area contributed by atoms with E-state index in [-0.39, 0.29) is 22.7 Å². The monoisotopic (exact) mass is 452 g/mol. The number of hydrogen-bond acceptors (Lipinski definition) is 4. The van der Waals surface area contributed by atoms with E-state index in [0.717, 1.165) is 16.7 Å². The normalized spacial score (nSPS) is 13.0. The van der Waals surface area contributed by atoms with Crippen LogP contribution in [0.3, 0.4) is 0 Å². The average molecular weight is 453 g/mol. The SMILES string of the molecule is CCOC(=O)C(CC(C)C)c1cc(C(C)(C)C)cc(C(C)(C)C)c1OC(=O)c1ccccc1. The van der Waals surface area contributed by atoms with Crippen LogP contribution in [0.25, 0.3) is 0 Å². The molecule has 0 saturated carbocycles. The fraction of sp³-hybridized carbons (Fsp3) is 0.517. The van der Waals surface area contributed by atoms with Gasteiger partial charge in [-0.1, -0.05) is 85.7 Å². The van der Waals surface area contributed by atoms with Gasteiger partial charge in [0, 0.05) is 11.1 Å². The molecule has 0 aliphatic carbocycles. The minimum atomic E-state index is -0.521. The zero-order chi connectivity index (χ0) is 25.0. The Morgan fingerprint density at radius 2 is 1.52 bits per heavy atom. The number of carbonyl (C=O) groups is 2. The van der Waals surface area contributed by atoms with Crippen molar-refractivity contribution < 1.29 is 19.1 Å². The van der Waals surface area contributed by atoms with Crippen molar-refractivity contribution in [3.63, 3.8) is 0 Å². The van der Waals surface area contributed by atoms with Crippen molar-refractivity contribution in [1.82, 2.24) is 0 Å². The van der Waals surface area contributed by atoms with Gasteiger partial charge in [0.15, 0.2) is 0 Å². The zero-order valence-corrected chi connectivity index (χ0v) is 21.7. The molecule has 4 nitrogen and oxygen atoms in total. The van der Waals surface area contributed by atoms with Gasteiger partial charge in [-0.15, -0.1) is 0 Å². The first-order valence-corrected chi connectivity index (χ1v) is 11.9. The predicted molar refractivity (Wildman–Crippen MR) is 134 cm³/mol. The minimum Gasteiger partial charge on any atom is -0.466 e. The molecule has 2 aromatic rings. The van der Waals surface area contributed by atoms with E-state index in [4.69, 9.17) is 9.47 Å². The smallest absolute Gasteiger partial charge is 0.343 e. The van der Waals surface area contributed by atoms with Crippen LogP contribution in [0.4, 0.5) is 0 Å². The summed E-state index contributed by atoms with van der Waals surface area (Å²) in [6.45, 7) is 19.0. The zero-order valence-electron chi connectivity index (χ0n) is 21.7. The molecule has 2 rings (SSSR count). The molecule has 33 heavy (non-hydrogen) atoms. The molecule has 0 N–H and O–H groups in total. The van der Waals surface area contributed by atoms with E-state index >= 15 is 0 Å². The maximum Gasteiger partial charge on any atom is 0.343 e. The molecule has 0 aromatic heterocycles. The lowest BCUT2D eigenvalue weighted by Crippen LogP contribution is -2.25. The summed E-state index contributed by atoms with van der Waals surface area (Å²) < 4.78 is 11.6. The van der Waals surface area contributed by atoms with Gasteiger partial charge in [-0.2, -0.15) is 0 Å². The van der Waals surface area contributed by atoms with E-state index < -0.39 is 11.9 Å². The summed E-state index contributed by atoms with van der Waals surface area (Å²) in [4.78, 5) is 26.3. The molecular formula is C29H40O4. The molecule has 0 bridgehead atoms. The second kappa shape index (κ2) is 10.5. The molecule has 0 aliphatic rings. The maximum absolute atomic E-state index is 13.1. The first kappa shape index (κ1) is 26.6. The number of carbonyl (C=O) groups excluding carboxylic acids is 2. The summed E-state index contributed by atoms with van der Waals surface area (Å²) in [6.07, 6.45) is 0.603. The van der Waals surface area contributed by atoms with Crippen LogP contribution in [0.2, 0.25) is 0 Å². The standard InChI is InChI=1S/C29H40O4/c1-10-32-27(31)23(16-19(2)3)22-17-21(28(4,5)6)18-24(29(7,8)9)25(22)33-26(30)20-14-12-11-13-15-20/h11-15,17-19,23H,10,16H2,1-9H3. The summed E-state index contributed by atoms with van der Waals surface area (Å²) >= 11 is 0. The molecule has 0 amide bonds. The Kier molecular flexibility index (Phi) is 8.51. The molecule has 0 heterocycles. The van der Waals surface area contributed by atoms with Gasteiger partial charge in [-0.05, 0) is 47.8 Å². The lowest BCUT2D eigenvalue weighted by atomic mass is 9.76. The number of benzene rings is 2. The van der Waals surface area contributed by atoms with Gasteiger partial charge in [0.25, 0.3) is 0 Å². The third-order valence-corrected chi connectivity index (χ3v) is 5.65. The molecular weight excluding hydrogens is 412 g/mol. The van der Waals surface area contributed by atoms with Gasteiger partial charge >= 0.3 is 11.9 Å². The number of esters is 2. The topological polar surface area (TPSA) is 52.6 Å². The average Bonchev–Trinajstić information content (AvgIpc) is 2.71. The number of rotatable bonds is 7. The van der Waals surface area contributed by atoms with Gasteiger partial charge in [0.2, 0.25) is 0 Å². The van der Waals surface area contributed by atoms with Crippen LogP contribution >= 0.6 is 0 Å². The summed E-state index contributed by atoms with van der Waals surface area (Å²) in [5, 5.41) is 0. The van der Waals surface area contributed by atoms with E-state index in [9.17, 15) is 9.59 Å². The highest BCUT2D eigenvalue weighted by molar-refractivity contribution is 5.92. The summed E-state index contributed by atoms with van der Waals surface area (Å²) in [6, 6.07) is 13.1. The van der Waals surface area contributed by atoms with Crippen molar-refractivity contribution in [2.75, 3.05) is 6.61 Å². The molecule has 0 radical (unpaired) electrons. The van der Waals surface area contributed by atoms with Crippen molar-refractivity contribution >= 4 is 11.9 Å². The first-order chi connectivity index (χ1) is 15.3. The molecule has 0 saturated heterocycles. The molecule has 180 valence electrons. The predicted octanol–water partition coefficient (Wildman–Crippen LogP) is 7.19. The lowest BCUT2D eigenvalue weighted by molar-refractivity contribution is -0.145. The summed E-state index contributed by atoms with van der Waals surface area (Å²) in [5.41, 5.74) is 2.75. The molecule has 0 fully saturated rings. The van der Waals surface area contributed by atoms with Crippen LogP contribution in [0.15, 0.2) is 42.5 Å². The Morgan fingerprint density at radius 1 is 0.909 bits per heavy atom. The van der Waals surface area contributed by atoms with Gasteiger partial charge in [-0.3, -0.25) is 4.79 Å². The van der Waals surface area contributed by atoms with Gasteiger partial charge in [0.1, 0.15) is 5.75 Å². The fourth-order valence-electron chi connectivity index (χ4n) is 3.80. The second-order valence-electron chi connectivity index (χ2n) is 11.1. The lowest BCUT2D eigenvalue weighted by Gasteiger charge is -2.31. The van der Waals surface area contributed by atoms with E-state index in [1.807, 2.05) is 31.2 Å². The molecule has 1 unspecified atom stereocenters. The quantitative estimate of drug-likeness (QED) is 0.329. The Hall–Kier alpha value is -2.62. The number of ether oxygens (including phenoxy) is 2. The molecule has 1 atom stereocenters. The van der Waals surface area contributed by atoms with Crippen LogP contribution < -0.4 is 4.74 Å². The second-order valence-corrected chi connectivity index (χ2v) is 11.1. The van der Waals surface area contributed by atoms with Crippen LogP contribution in [-0.4, -0.2) is 18.5 Å². The van der Waals surface area contributed by atoms with Crippen molar-refractivity contribution in [2.24, 2.45) is 5.92 Å². The van der Waals surface area contributed by atoms with Gasteiger partial charge < -0.3 is 9.47 Å². The Morgan fingerprint density at radius 3 is 2.00 bits per heavy atom. The van der Waals surface area contributed by atoms with Crippen molar-refractivity contribution in [2.45, 2.75) is 85.5 Å². The number of hydrogen-bond donors (Lipinski definition) is 0. The Labute approximate surface area is 199 Å². The molecule has 2 aromatic carbocycles. The van der Waals surface area contributed by atoms with Crippen molar-refractivity contribution in [3.05, 3.63) is 64.7 Å². The van der Waals surface area contributed by atoms with Crippen LogP contribution in [-0.2, 0) is 20.4 Å². The highest BCUT2D eigenvalue weighted by Gasteiger charge is 2.33. The van der Waals surface area contributed by atoms with Crippen LogP contribution in [0.1, 0.15) is 102 Å². The Balaban J connectivity index is 2.81. The molecule has 0 spiro atoms. The first-order valence-electron chi connectivity index (χ1n) is 11.9. The van der Waals surface area contributed by atoms with Gasteiger partial charge in [0.05, 0.1) is 18.1 Å². The summed E-state index contributed by atoms with van der Waals surface area (Å²) in [7, 11) is 0. The fourth-order valence-corrected chi connectivity index (χ4v) is 3.80. The highest BCUT2D eigenvalue weighted by Crippen LogP contribution is 2.43. The van der Waals surface area contributed by atoms with Crippen molar-refractivity contribution in [1.29, 1.82) is 0 Å². The van der Waals surface area contributed by atoms with E-state index in [2.05, 4.69) is 61.5 Å². The molecule has 4 heteroatoms. The Bertz CT molecular complexity index is 960. The third-order valence-electron chi connectivity index (χ3n) is 5.65. The van der Waals surface area contributed by atoms with Gasteiger partial charge in [-0.25, -0.2) is 4.79 Å². The molecule has 0 aliphatic heterocycles. The van der Waals surface area contributed by atoms with E-state index in [0.29, 0.717) is 24.3 Å². The third kappa shape index (κ3) is 6.93. The van der Waals surface area contributed by atoms with E-state index in [1.54, 1.807) is 12.1 Å². The minimum absolute atomic E-state index is 0.145. The van der Waals surface area contributed by atoms with Crippen LogP contribution in [0.5, 0.6) is 5.75 Å². The highest BCUT2D eigenvalue weighted by atomic mass is 16.5. The largest absolute Gasteiger partial charge is 0.466 e. The maximum atomic E-state index is 13.1. The van der Waals surface area contributed by atoms with Crippen molar-refractivity contribution in [3.8, 4) is 5.75 Å².